The summed E-state index contributed by atoms with van der Waals surface area (Å²) in [6, 6.07) is 6.78. The zero-order valence-corrected chi connectivity index (χ0v) is 8.27. The number of carboxylic acids is 1. The van der Waals surface area contributed by atoms with Crippen molar-refractivity contribution in [2.75, 3.05) is 18.5 Å². The Kier molecular flexibility index (Phi) is 2.87. The number of anilines is 1. The fourth-order valence-electron chi connectivity index (χ4n) is 1.44. The highest BCUT2D eigenvalue weighted by atomic mass is 16.5. The summed E-state index contributed by atoms with van der Waals surface area (Å²) in [5.74, 6) is -0.904. The Morgan fingerprint density at radius 2 is 2.40 bits per heavy atom. The molecular formula is C11H13NO3. The Labute approximate surface area is 87.9 Å². The number of hydrogen-bond acceptors (Lipinski definition) is 3. The number of ether oxygens (including phenoxy) is 1. The van der Waals surface area contributed by atoms with Crippen LogP contribution in [-0.4, -0.2) is 30.3 Å². The monoisotopic (exact) mass is 207 g/mol. The number of aromatic carboxylic acids is 1. The topological polar surface area (TPSA) is 58.6 Å². The van der Waals surface area contributed by atoms with Gasteiger partial charge in [-0.25, -0.2) is 4.79 Å². The van der Waals surface area contributed by atoms with Crippen molar-refractivity contribution >= 4 is 11.7 Å². The van der Waals surface area contributed by atoms with Crippen molar-refractivity contribution in [2.24, 2.45) is 0 Å². The van der Waals surface area contributed by atoms with Gasteiger partial charge in [-0.1, -0.05) is 6.07 Å². The van der Waals surface area contributed by atoms with Crippen LogP contribution in [0, 0.1) is 0 Å². The second-order valence-electron chi connectivity index (χ2n) is 3.55. The summed E-state index contributed by atoms with van der Waals surface area (Å²) in [7, 11) is 0. The third-order valence-electron chi connectivity index (χ3n) is 2.44. The fraction of sp³-hybridized carbons (Fsp3) is 0.364. The zero-order valence-electron chi connectivity index (χ0n) is 8.27. The van der Waals surface area contributed by atoms with Crippen molar-refractivity contribution in [3.8, 4) is 0 Å². The van der Waals surface area contributed by atoms with Gasteiger partial charge in [0, 0.05) is 18.8 Å². The van der Waals surface area contributed by atoms with E-state index in [0.29, 0.717) is 5.56 Å². The van der Waals surface area contributed by atoms with Gasteiger partial charge in [-0.2, -0.15) is 0 Å². The molecule has 2 rings (SSSR count). The molecule has 0 saturated carbocycles. The Balaban J connectivity index is 1.94. The van der Waals surface area contributed by atoms with Crippen molar-refractivity contribution in [3.63, 3.8) is 0 Å². The first-order chi connectivity index (χ1) is 7.25. The van der Waals surface area contributed by atoms with Crippen molar-refractivity contribution in [1.29, 1.82) is 0 Å². The molecule has 2 N–H and O–H groups in total. The number of hydrogen-bond donors (Lipinski definition) is 2. The molecule has 0 unspecified atom stereocenters. The maximum absolute atomic E-state index is 10.7. The third-order valence-corrected chi connectivity index (χ3v) is 2.44. The van der Waals surface area contributed by atoms with Crippen LogP contribution < -0.4 is 5.32 Å². The summed E-state index contributed by atoms with van der Waals surface area (Å²) < 4.78 is 5.25. The molecule has 1 aromatic carbocycles. The molecule has 1 atom stereocenters. The highest BCUT2D eigenvalue weighted by molar-refractivity contribution is 5.88. The van der Waals surface area contributed by atoms with Crippen LogP contribution in [0.3, 0.4) is 0 Å². The minimum atomic E-state index is -0.904. The van der Waals surface area contributed by atoms with Gasteiger partial charge in [-0.15, -0.1) is 0 Å². The number of carbonyl (C=O) groups is 1. The average molecular weight is 207 g/mol. The fourth-order valence-corrected chi connectivity index (χ4v) is 1.44. The smallest absolute Gasteiger partial charge is 0.335 e. The Hall–Kier alpha value is -1.55. The van der Waals surface area contributed by atoms with Crippen LogP contribution in [0.25, 0.3) is 0 Å². The normalized spacial score (nSPS) is 19.3. The molecule has 0 spiro atoms. The van der Waals surface area contributed by atoms with E-state index in [-0.39, 0.29) is 6.10 Å². The summed E-state index contributed by atoms with van der Waals surface area (Å²) in [4.78, 5) is 10.7. The van der Waals surface area contributed by atoms with Crippen LogP contribution in [0.5, 0.6) is 0 Å². The van der Waals surface area contributed by atoms with Crippen LogP contribution >= 0.6 is 0 Å². The summed E-state index contributed by atoms with van der Waals surface area (Å²) in [5.41, 5.74) is 1.12. The van der Waals surface area contributed by atoms with Crippen molar-refractivity contribution in [1.82, 2.24) is 0 Å². The lowest BCUT2D eigenvalue weighted by atomic mass is 10.1. The molecule has 1 saturated heterocycles. The van der Waals surface area contributed by atoms with Crippen molar-refractivity contribution in [2.45, 2.75) is 12.5 Å². The van der Waals surface area contributed by atoms with E-state index in [4.69, 9.17) is 9.84 Å². The van der Waals surface area contributed by atoms with E-state index in [1.54, 1.807) is 18.2 Å². The lowest BCUT2D eigenvalue weighted by molar-refractivity contribution is -0.0410. The van der Waals surface area contributed by atoms with Crippen LogP contribution in [0.4, 0.5) is 5.69 Å². The zero-order chi connectivity index (χ0) is 10.7. The molecule has 1 aliphatic rings. The van der Waals surface area contributed by atoms with Gasteiger partial charge in [0.15, 0.2) is 0 Å². The maximum Gasteiger partial charge on any atom is 0.335 e. The average Bonchev–Trinajstić information content (AvgIpc) is 2.16. The molecule has 0 aliphatic carbocycles. The molecule has 80 valence electrons. The van der Waals surface area contributed by atoms with Gasteiger partial charge in [0.1, 0.15) is 0 Å². The first-order valence-electron chi connectivity index (χ1n) is 4.94. The number of rotatable bonds is 4. The predicted octanol–water partition coefficient (Wildman–Crippen LogP) is 1.59. The summed E-state index contributed by atoms with van der Waals surface area (Å²) >= 11 is 0. The second kappa shape index (κ2) is 4.31. The molecule has 15 heavy (non-hydrogen) atoms. The maximum atomic E-state index is 10.7. The van der Waals surface area contributed by atoms with Crippen LogP contribution in [0.15, 0.2) is 24.3 Å². The minimum absolute atomic E-state index is 0.276. The Bertz CT molecular complexity index is 361. The standard InChI is InChI=1S/C11H13NO3/c13-11(14)8-2-1-3-9(6-8)12-7-10-4-5-15-10/h1-3,6,10,12H,4-5,7H2,(H,13,14)/t10-/m0/s1. The first kappa shape index (κ1) is 9.98. The highest BCUT2D eigenvalue weighted by Gasteiger charge is 2.17. The lowest BCUT2D eigenvalue weighted by Crippen LogP contribution is -2.33. The number of nitrogens with one attached hydrogen (secondary N) is 1. The third kappa shape index (κ3) is 2.47. The van der Waals surface area contributed by atoms with E-state index in [1.807, 2.05) is 6.07 Å². The summed E-state index contributed by atoms with van der Waals surface area (Å²) in [5, 5.41) is 11.9. The van der Waals surface area contributed by atoms with E-state index in [9.17, 15) is 4.79 Å². The summed E-state index contributed by atoms with van der Waals surface area (Å²) in [6.45, 7) is 1.57. The number of benzene rings is 1. The van der Waals surface area contributed by atoms with E-state index in [2.05, 4.69) is 5.32 Å². The quantitative estimate of drug-likeness (QED) is 0.787. The first-order valence-corrected chi connectivity index (χ1v) is 4.94. The van der Waals surface area contributed by atoms with Gasteiger partial charge in [0.25, 0.3) is 0 Å². The molecule has 1 aliphatic heterocycles. The van der Waals surface area contributed by atoms with E-state index >= 15 is 0 Å². The van der Waals surface area contributed by atoms with Crippen LogP contribution in [-0.2, 0) is 4.74 Å². The minimum Gasteiger partial charge on any atom is -0.478 e. The molecule has 0 bridgehead atoms. The van der Waals surface area contributed by atoms with Crippen molar-refractivity contribution in [3.05, 3.63) is 29.8 Å². The molecular weight excluding hydrogens is 194 g/mol. The largest absolute Gasteiger partial charge is 0.478 e. The van der Waals surface area contributed by atoms with Crippen molar-refractivity contribution < 1.29 is 14.6 Å². The molecule has 4 nitrogen and oxygen atoms in total. The molecule has 1 fully saturated rings. The van der Waals surface area contributed by atoms with Gasteiger partial charge >= 0.3 is 5.97 Å². The van der Waals surface area contributed by atoms with E-state index < -0.39 is 5.97 Å². The lowest BCUT2D eigenvalue weighted by Gasteiger charge is -2.26. The van der Waals surface area contributed by atoms with Crippen LogP contribution in [0.1, 0.15) is 16.8 Å². The SMILES string of the molecule is O=C(O)c1cccc(NC[C@@H]2CCO2)c1. The molecule has 1 heterocycles. The molecule has 4 heteroatoms. The molecule has 0 aromatic heterocycles. The number of carboxylic acid groups (broad SMARTS) is 1. The predicted molar refractivity (Wildman–Crippen MR) is 56.2 cm³/mol. The van der Waals surface area contributed by atoms with E-state index in [0.717, 1.165) is 25.3 Å². The van der Waals surface area contributed by atoms with Gasteiger partial charge in [-0.05, 0) is 24.6 Å². The van der Waals surface area contributed by atoms with Gasteiger partial charge in [0.2, 0.25) is 0 Å². The molecule has 0 amide bonds. The second-order valence-corrected chi connectivity index (χ2v) is 3.55. The van der Waals surface area contributed by atoms with Gasteiger partial charge < -0.3 is 15.2 Å². The molecule has 1 aromatic rings. The highest BCUT2D eigenvalue weighted by Crippen LogP contribution is 2.14. The molecule has 0 radical (unpaired) electrons. The Morgan fingerprint density at radius 1 is 1.60 bits per heavy atom. The van der Waals surface area contributed by atoms with E-state index in [1.165, 1.54) is 0 Å². The Morgan fingerprint density at radius 3 is 3.00 bits per heavy atom. The summed E-state index contributed by atoms with van der Waals surface area (Å²) in [6.07, 6.45) is 1.35. The van der Waals surface area contributed by atoms with Crippen LogP contribution in [0.2, 0.25) is 0 Å². The van der Waals surface area contributed by atoms with Gasteiger partial charge in [-0.3, -0.25) is 0 Å². The van der Waals surface area contributed by atoms with Gasteiger partial charge in [0.05, 0.1) is 11.7 Å².